The Morgan fingerprint density at radius 3 is 2.65 bits per heavy atom. The lowest BCUT2D eigenvalue weighted by Crippen LogP contribution is -2.02. The molecule has 0 spiro atoms. The fourth-order valence-corrected chi connectivity index (χ4v) is 1.32. The summed E-state index contributed by atoms with van der Waals surface area (Å²) in [5, 5.41) is 0. The van der Waals surface area contributed by atoms with E-state index in [9.17, 15) is 9.59 Å². The SMILES string of the molecule is CCOC(=O)CC#Cc1ccccc1C(C)=O. The molecule has 1 aromatic carbocycles. The van der Waals surface area contributed by atoms with Crippen molar-refractivity contribution in [2.24, 2.45) is 0 Å². The molecule has 0 bridgehead atoms. The highest BCUT2D eigenvalue weighted by Crippen LogP contribution is 2.07. The van der Waals surface area contributed by atoms with E-state index in [1.165, 1.54) is 6.92 Å². The van der Waals surface area contributed by atoms with Gasteiger partial charge in [-0.1, -0.05) is 30.0 Å². The van der Waals surface area contributed by atoms with E-state index in [-0.39, 0.29) is 18.2 Å². The monoisotopic (exact) mass is 230 g/mol. The number of hydrogen-bond acceptors (Lipinski definition) is 3. The molecule has 17 heavy (non-hydrogen) atoms. The second kappa shape index (κ2) is 6.49. The molecule has 0 aliphatic rings. The molecule has 1 rings (SSSR count). The third kappa shape index (κ3) is 4.12. The molecule has 1 aromatic rings. The van der Waals surface area contributed by atoms with Crippen LogP contribution in [0.1, 0.15) is 36.2 Å². The Kier molecular flexibility index (Phi) is 4.96. The number of hydrogen-bond donors (Lipinski definition) is 0. The van der Waals surface area contributed by atoms with Gasteiger partial charge in [-0.15, -0.1) is 0 Å². The number of ether oxygens (including phenoxy) is 1. The van der Waals surface area contributed by atoms with E-state index in [0.717, 1.165) is 0 Å². The molecular weight excluding hydrogens is 216 g/mol. The molecule has 0 amide bonds. The molecule has 88 valence electrons. The van der Waals surface area contributed by atoms with Crippen molar-refractivity contribution in [1.29, 1.82) is 0 Å². The first-order chi connectivity index (χ1) is 8.15. The third-order valence-corrected chi connectivity index (χ3v) is 2.07. The van der Waals surface area contributed by atoms with Gasteiger partial charge >= 0.3 is 5.97 Å². The van der Waals surface area contributed by atoms with E-state index in [1.807, 2.05) is 0 Å². The Morgan fingerprint density at radius 2 is 2.00 bits per heavy atom. The van der Waals surface area contributed by atoms with Crippen LogP contribution in [0.15, 0.2) is 24.3 Å². The molecule has 0 fully saturated rings. The van der Waals surface area contributed by atoms with E-state index in [0.29, 0.717) is 17.7 Å². The lowest BCUT2D eigenvalue weighted by molar-refractivity contribution is -0.141. The van der Waals surface area contributed by atoms with E-state index in [2.05, 4.69) is 11.8 Å². The predicted molar refractivity (Wildman–Crippen MR) is 64.6 cm³/mol. The van der Waals surface area contributed by atoms with Crippen molar-refractivity contribution in [3.8, 4) is 11.8 Å². The zero-order valence-electron chi connectivity index (χ0n) is 9.95. The van der Waals surface area contributed by atoms with Gasteiger partial charge in [0.25, 0.3) is 0 Å². The summed E-state index contributed by atoms with van der Waals surface area (Å²) < 4.78 is 4.75. The van der Waals surface area contributed by atoms with Gasteiger partial charge in [0.1, 0.15) is 6.42 Å². The van der Waals surface area contributed by atoms with Gasteiger partial charge in [0.2, 0.25) is 0 Å². The van der Waals surface area contributed by atoms with E-state index >= 15 is 0 Å². The van der Waals surface area contributed by atoms with E-state index in [4.69, 9.17) is 4.74 Å². The molecular formula is C14H14O3. The molecule has 0 saturated carbocycles. The van der Waals surface area contributed by atoms with Crippen molar-refractivity contribution in [2.45, 2.75) is 20.3 Å². The molecule has 0 heterocycles. The molecule has 3 heteroatoms. The number of rotatable bonds is 3. The molecule has 0 saturated heterocycles. The van der Waals surface area contributed by atoms with Crippen molar-refractivity contribution < 1.29 is 14.3 Å². The fraction of sp³-hybridized carbons (Fsp3) is 0.286. The van der Waals surface area contributed by atoms with Crippen molar-refractivity contribution in [3.05, 3.63) is 35.4 Å². The zero-order chi connectivity index (χ0) is 12.7. The number of carbonyl (C=O) groups excluding carboxylic acids is 2. The Morgan fingerprint density at radius 1 is 1.29 bits per heavy atom. The summed E-state index contributed by atoms with van der Waals surface area (Å²) in [6.45, 7) is 3.59. The van der Waals surface area contributed by atoms with Gasteiger partial charge in [-0.05, 0) is 19.9 Å². The van der Waals surface area contributed by atoms with Crippen LogP contribution >= 0.6 is 0 Å². The number of Topliss-reactive ketones (excluding diaryl/α,β-unsaturated/α-hetero) is 1. The van der Waals surface area contributed by atoms with Crippen LogP contribution in [0.2, 0.25) is 0 Å². The smallest absolute Gasteiger partial charge is 0.317 e. The minimum atomic E-state index is -0.347. The molecule has 3 nitrogen and oxygen atoms in total. The lowest BCUT2D eigenvalue weighted by Gasteiger charge is -1.98. The maximum Gasteiger partial charge on any atom is 0.317 e. The molecule has 0 aromatic heterocycles. The highest BCUT2D eigenvalue weighted by atomic mass is 16.5. The number of ketones is 1. The summed E-state index contributed by atoms with van der Waals surface area (Å²) in [4.78, 5) is 22.4. The average Bonchev–Trinajstić information content (AvgIpc) is 2.30. The summed E-state index contributed by atoms with van der Waals surface area (Å²) >= 11 is 0. The van der Waals surface area contributed by atoms with Gasteiger partial charge in [-0.25, -0.2) is 0 Å². The quantitative estimate of drug-likeness (QED) is 0.454. The average molecular weight is 230 g/mol. The Balaban J connectivity index is 2.78. The lowest BCUT2D eigenvalue weighted by atomic mass is 10.0. The Labute approximate surface area is 101 Å². The van der Waals surface area contributed by atoms with Crippen molar-refractivity contribution in [1.82, 2.24) is 0 Å². The standard InChI is InChI=1S/C14H14O3/c1-3-17-14(16)10-6-8-12-7-4-5-9-13(12)11(2)15/h4-5,7,9H,3,10H2,1-2H3. The van der Waals surface area contributed by atoms with Crippen LogP contribution in [0.4, 0.5) is 0 Å². The van der Waals surface area contributed by atoms with Gasteiger partial charge in [0.15, 0.2) is 5.78 Å². The molecule has 0 aliphatic heterocycles. The van der Waals surface area contributed by atoms with Crippen LogP contribution in [-0.2, 0) is 9.53 Å². The van der Waals surface area contributed by atoms with Gasteiger partial charge in [0.05, 0.1) is 6.61 Å². The summed E-state index contributed by atoms with van der Waals surface area (Å²) in [6, 6.07) is 7.07. The first-order valence-corrected chi connectivity index (χ1v) is 5.39. The summed E-state index contributed by atoms with van der Waals surface area (Å²) in [5.74, 6) is 5.13. The van der Waals surface area contributed by atoms with Crippen LogP contribution in [0.3, 0.4) is 0 Å². The molecule has 0 atom stereocenters. The van der Waals surface area contributed by atoms with E-state index in [1.54, 1.807) is 31.2 Å². The minimum absolute atomic E-state index is 0.0361. The van der Waals surface area contributed by atoms with Crippen molar-refractivity contribution >= 4 is 11.8 Å². The Hall–Kier alpha value is -2.08. The van der Waals surface area contributed by atoms with Crippen LogP contribution in [0, 0.1) is 11.8 Å². The zero-order valence-corrected chi connectivity index (χ0v) is 9.95. The summed E-state index contributed by atoms with van der Waals surface area (Å²) in [6.07, 6.45) is 0.0417. The fourth-order valence-electron chi connectivity index (χ4n) is 1.32. The highest BCUT2D eigenvalue weighted by molar-refractivity contribution is 5.96. The second-order valence-corrected chi connectivity index (χ2v) is 3.39. The number of carbonyl (C=O) groups is 2. The second-order valence-electron chi connectivity index (χ2n) is 3.39. The third-order valence-electron chi connectivity index (χ3n) is 2.07. The maximum atomic E-state index is 11.3. The highest BCUT2D eigenvalue weighted by Gasteiger charge is 2.03. The van der Waals surface area contributed by atoms with Gasteiger partial charge in [-0.3, -0.25) is 9.59 Å². The molecule has 0 aliphatic carbocycles. The number of benzene rings is 1. The molecule has 0 N–H and O–H groups in total. The largest absolute Gasteiger partial charge is 0.465 e. The topological polar surface area (TPSA) is 43.4 Å². The minimum Gasteiger partial charge on any atom is -0.465 e. The van der Waals surface area contributed by atoms with Crippen LogP contribution in [0.5, 0.6) is 0 Å². The normalized spacial score (nSPS) is 9.06. The van der Waals surface area contributed by atoms with Crippen LogP contribution in [-0.4, -0.2) is 18.4 Å². The van der Waals surface area contributed by atoms with Gasteiger partial charge in [0, 0.05) is 11.1 Å². The van der Waals surface area contributed by atoms with Crippen molar-refractivity contribution in [2.75, 3.05) is 6.61 Å². The first kappa shape index (κ1) is 13.0. The summed E-state index contributed by atoms with van der Waals surface area (Å²) in [5.41, 5.74) is 1.22. The molecule has 0 unspecified atom stereocenters. The van der Waals surface area contributed by atoms with E-state index < -0.39 is 0 Å². The van der Waals surface area contributed by atoms with Gasteiger partial charge < -0.3 is 4.74 Å². The van der Waals surface area contributed by atoms with Crippen molar-refractivity contribution in [3.63, 3.8) is 0 Å². The van der Waals surface area contributed by atoms with Crippen LogP contribution < -0.4 is 0 Å². The summed E-state index contributed by atoms with van der Waals surface area (Å²) in [7, 11) is 0. The van der Waals surface area contributed by atoms with Gasteiger partial charge in [-0.2, -0.15) is 0 Å². The first-order valence-electron chi connectivity index (χ1n) is 5.39. The predicted octanol–water partition coefficient (Wildman–Crippen LogP) is 2.19. The maximum absolute atomic E-state index is 11.3. The Bertz CT molecular complexity index is 478. The van der Waals surface area contributed by atoms with Crippen LogP contribution in [0.25, 0.3) is 0 Å². The molecule has 0 radical (unpaired) electrons. The number of esters is 1.